The van der Waals surface area contributed by atoms with Gasteiger partial charge in [0.15, 0.2) is 5.82 Å². The fourth-order valence-electron chi connectivity index (χ4n) is 2.59. The van der Waals surface area contributed by atoms with E-state index in [0.29, 0.717) is 30.2 Å². The van der Waals surface area contributed by atoms with Crippen LogP contribution in [0.2, 0.25) is 0 Å². The predicted molar refractivity (Wildman–Crippen MR) is 80.9 cm³/mol. The van der Waals surface area contributed by atoms with Gasteiger partial charge in [0, 0.05) is 12.7 Å². The second-order valence-electron chi connectivity index (χ2n) is 5.26. The first-order valence-electron chi connectivity index (χ1n) is 7.27. The number of benzene rings is 1. The van der Waals surface area contributed by atoms with Gasteiger partial charge in [-0.2, -0.15) is 5.10 Å². The lowest BCUT2D eigenvalue weighted by Gasteiger charge is -2.13. The molecule has 1 N–H and O–H groups in total. The molecule has 0 aliphatic carbocycles. The van der Waals surface area contributed by atoms with Crippen molar-refractivity contribution >= 4 is 5.91 Å². The second-order valence-corrected chi connectivity index (χ2v) is 5.26. The quantitative estimate of drug-likeness (QED) is 0.782. The number of hydrogen-bond donors (Lipinski definition) is 1. The van der Waals surface area contributed by atoms with Crippen molar-refractivity contribution in [2.24, 2.45) is 0 Å². The minimum Gasteiger partial charge on any atom is -0.349 e. The third kappa shape index (κ3) is 2.32. The summed E-state index contributed by atoms with van der Waals surface area (Å²) in [4.78, 5) is 20.0. The van der Waals surface area contributed by atoms with E-state index in [1.165, 1.54) is 12.3 Å². The van der Waals surface area contributed by atoms with Gasteiger partial charge in [-0.3, -0.25) is 9.48 Å². The van der Waals surface area contributed by atoms with E-state index >= 15 is 0 Å². The maximum atomic E-state index is 13.9. The Kier molecular flexibility index (Phi) is 3.30. The molecule has 120 valence electrons. The zero-order valence-corrected chi connectivity index (χ0v) is 12.3. The van der Waals surface area contributed by atoms with Gasteiger partial charge in [0.25, 0.3) is 5.91 Å². The smallest absolute Gasteiger partial charge is 0.269 e. The van der Waals surface area contributed by atoms with Gasteiger partial charge in [0.2, 0.25) is 0 Å². The number of rotatable bonds is 2. The van der Waals surface area contributed by atoms with Crippen molar-refractivity contribution in [2.75, 3.05) is 6.54 Å². The molecular weight excluding hydrogens is 316 g/mol. The molecule has 1 aliphatic heterocycles. The SMILES string of the molecule is O=C1NCCn2nc(-c3ccnc(-c4c(F)cccc4F)n3)cc21. The lowest BCUT2D eigenvalue weighted by Crippen LogP contribution is -2.35. The van der Waals surface area contributed by atoms with Gasteiger partial charge in [-0.1, -0.05) is 6.07 Å². The Morgan fingerprint density at radius 2 is 1.92 bits per heavy atom. The van der Waals surface area contributed by atoms with Crippen LogP contribution in [0, 0.1) is 11.6 Å². The summed E-state index contributed by atoms with van der Waals surface area (Å²) in [6.07, 6.45) is 1.40. The molecule has 6 nitrogen and oxygen atoms in total. The molecular formula is C16H11F2N5O. The van der Waals surface area contributed by atoms with Crippen molar-refractivity contribution in [3.63, 3.8) is 0 Å². The Morgan fingerprint density at radius 1 is 1.12 bits per heavy atom. The Hall–Kier alpha value is -3.16. The molecule has 8 heteroatoms. The van der Waals surface area contributed by atoms with E-state index in [0.717, 1.165) is 12.1 Å². The first-order valence-corrected chi connectivity index (χ1v) is 7.27. The van der Waals surface area contributed by atoms with Gasteiger partial charge in [0.1, 0.15) is 23.0 Å². The molecule has 0 atom stereocenters. The molecule has 2 aromatic heterocycles. The fraction of sp³-hybridized carbons (Fsp3) is 0.125. The number of aromatic nitrogens is 4. The third-order valence-corrected chi connectivity index (χ3v) is 3.73. The number of halogens is 2. The normalized spacial score (nSPS) is 13.5. The van der Waals surface area contributed by atoms with Crippen LogP contribution in [0.15, 0.2) is 36.5 Å². The molecule has 1 aromatic carbocycles. The summed E-state index contributed by atoms with van der Waals surface area (Å²) in [6.45, 7) is 1.06. The fourth-order valence-corrected chi connectivity index (χ4v) is 2.59. The van der Waals surface area contributed by atoms with Gasteiger partial charge >= 0.3 is 0 Å². The van der Waals surface area contributed by atoms with Crippen molar-refractivity contribution in [3.05, 3.63) is 53.9 Å². The van der Waals surface area contributed by atoms with E-state index in [1.807, 2.05) is 0 Å². The Balaban J connectivity index is 1.80. The average Bonchev–Trinajstić information content (AvgIpc) is 3.01. The molecule has 4 rings (SSSR count). The zero-order chi connectivity index (χ0) is 16.7. The van der Waals surface area contributed by atoms with E-state index in [9.17, 15) is 13.6 Å². The van der Waals surface area contributed by atoms with Crippen LogP contribution in [0.5, 0.6) is 0 Å². The van der Waals surface area contributed by atoms with Crippen LogP contribution >= 0.6 is 0 Å². The number of carbonyl (C=O) groups is 1. The van der Waals surface area contributed by atoms with E-state index in [2.05, 4.69) is 20.4 Å². The van der Waals surface area contributed by atoms with E-state index in [-0.39, 0.29) is 17.3 Å². The van der Waals surface area contributed by atoms with Gasteiger partial charge in [-0.25, -0.2) is 18.7 Å². The van der Waals surface area contributed by atoms with E-state index in [4.69, 9.17) is 0 Å². The molecule has 1 amide bonds. The highest BCUT2D eigenvalue weighted by Crippen LogP contribution is 2.25. The topological polar surface area (TPSA) is 72.7 Å². The molecule has 0 unspecified atom stereocenters. The van der Waals surface area contributed by atoms with Crippen LogP contribution in [0.25, 0.3) is 22.8 Å². The van der Waals surface area contributed by atoms with Crippen LogP contribution in [0.3, 0.4) is 0 Å². The number of amides is 1. The number of hydrogen-bond acceptors (Lipinski definition) is 4. The molecule has 3 aromatic rings. The van der Waals surface area contributed by atoms with Gasteiger partial charge < -0.3 is 5.32 Å². The first kappa shape index (κ1) is 14.4. The van der Waals surface area contributed by atoms with Crippen molar-refractivity contribution < 1.29 is 13.6 Å². The summed E-state index contributed by atoms with van der Waals surface area (Å²) in [5.41, 5.74) is 0.967. The second kappa shape index (κ2) is 5.48. The maximum absolute atomic E-state index is 13.9. The molecule has 3 heterocycles. The van der Waals surface area contributed by atoms with Gasteiger partial charge in [-0.15, -0.1) is 0 Å². The van der Waals surface area contributed by atoms with Crippen molar-refractivity contribution in [3.8, 4) is 22.8 Å². The lowest BCUT2D eigenvalue weighted by atomic mass is 10.1. The standard InChI is InChI=1S/C16H11F2N5O/c17-9-2-1-3-10(18)14(9)15-19-5-4-11(21-15)12-8-13-16(24)20-6-7-23(13)22-12/h1-5,8H,6-7H2,(H,20,24). The third-order valence-electron chi connectivity index (χ3n) is 3.73. The highest BCUT2D eigenvalue weighted by molar-refractivity contribution is 5.94. The minimum atomic E-state index is -0.740. The molecule has 0 fully saturated rings. The number of carbonyl (C=O) groups excluding carboxylic acids is 1. The van der Waals surface area contributed by atoms with Crippen LogP contribution in [0.4, 0.5) is 8.78 Å². The summed E-state index contributed by atoms with van der Waals surface area (Å²) in [6, 6.07) is 6.75. The van der Waals surface area contributed by atoms with Gasteiger partial charge in [0.05, 0.1) is 17.8 Å². The summed E-state index contributed by atoms with van der Waals surface area (Å²) in [5.74, 6) is -1.76. The molecule has 0 spiro atoms. The average molecular weight is 327 g/mol. The van der Waals surface area contributed by atoms with Crippen molar-refractivity contribution in [1.29, 1.82) is 0 Å². The Labute approximate surface area is 135 Å². The number of nitrogens with one attached hydrogen (secondary N) is 1. The molecule has 0 saturated carbocycles. The highest BCUT2D eigenvalue weighted by Gasteiger charge is 2.21. The molecule has 0 bridgehead atoms. The van der Waals surface area contributed by atoms with Crippen LogP contribution in [-0.2, 0) is 6.54 Å². The maximum Gasteiger partial charge on any atom is 0.269 e. The van der Waals surface area contributed by atoms with Crippen LogP contribution in [-0.4, -0.2) is 32.2 Å². The molecule has 0 radical (unpaired) electrons. The Bertz CT molecular complexity index is 933. The largest absolute Gasteiger partial charge is 0.349 e. The van der Waals surface area contributed by atoms with Crippen LogP contribution in [0.1, 0.15) is 10.5 Å². The Morgan fingerprint density at radius 3 is 2.67 bits per heavy atom. The highest BCUT2D eigenvalue weighted by atomic mass is 19.1. The van der Waals surface area contributed by atoms with Gasteiger partial charge in [-0.05, 0) is 24.3 Å². The number of fused-ring (bicyclic) bond motifs is 1. The summed E-state index contributed by atoms with van der Waals surface area (Å²) in [5, 5.41) is 7.05. The number of nitrogens with zero attached hydrogens (tertiary/aromatic N) is 4. The zero-order valence-electron chi connectivity index (χ0n) is 12.3. The predicted octanol–water partition coefficient (Wildman–Crippen LogP) is 2.03. The summed E-state index contributed by atoms with van der Waals surface area (Å²) >= 11 is 0. The van der Waals surface area contributed by atoms with Crippen molar-refractivity contribution in [2.45, 2.75) is 6.54 Å². The van der Waals surface area contributed by atoms with Crippen molar-refractivity contribution in [1.82, 2.24) is 25.1 Å². The first-order chi connectivity index (χ1) is 11.6. The van der Waals surface area contributed by atoms with Crippen LogP contribution < -0.4 is 5.32 Å². The van der Waals surface area contributed by atoms with E-state index in [1.54, 1.807) is 16.8 Å². The molecule has 24 heavy (non-hydrogen) atoms. The minimum absolute atomic E-state index is 0.0708. The van der Waals surface area contributed by atoms with E-state index < -0.39 is 11.6 Å². The molecule has 1 aliphatic rings. The monoisotopic (exact) mass is 327 g/mol. The molecule has 0 saturated heterocycles. The summed E-state index contributed by atoms with van der Waals surface area (Å²) < 4.78 is 29.4. The summed E-state index contributed by atoms with van der Waals surface area (Å²) in [7, 11) is 0. The lowest BCUT2D eigenvalue weighted by molar-refractivity contribution is 0.0924.